The van der Waals surface area contributed by atoms with E-state index in [1.807, 2.05) is 6.92 Å². The van der Waals surface area contributed by atoms with Crippen molar-refractivity contribution in [3.8, 4) is 0 Å². The number of hydrogen-bond acceptors (Lipinski definition) is 3. The lowest BCUT2D eigenvalue weighted by molar-refractivity contribution is -0.0533. The molecule has 0 aromatic rings. The van der Waals surface area contributed by atoms with Crippen LogP contribution in [0.5, 0.6) is 0 Å². The fourth-order valence-electron chi connectivity index (χ4n) is 2.92. The van der Waals surface area contributed by atoms with Gasteiger partial charge in [0, 0.05) is 3.58 Å². The quantitative estimate of drug-likeness (QED) is 0.519. The molecule has 2 rings (SSSR count). The van der Waals surface area contributed by atoms with Crippen LogP contribution in [0.2, 0.25) is 0 Å². The van der Waals surface area contributed by atoms with E-state index in [9.17, 15) is 4.79 Å². The van der Waals surface area contributed by atoms with Gasteiger partial charge in [-0.2, -0.15) is 0 Å². The van der Waals surface area contributed by atoms with Crippen molar-refractivity contribution in [1.29, 1.82) is 0 Å². The number of halogens is 1. The summed E-state index contributed by atoms with van der Waals surface area (Å²) in [6, 6.07) is 0. The van der Waals surface area contributed by atoms with Crippen LogP contribution in [0.1, 0.15) is 46.0 Å². The Morgan fingerprint density at radius 3 is 2.53 bits per heavy atom. The summed E-state index contributed by atoms with van der Waals surface area (Å²) in [4.78, 5) is 11.5. The van der Waals surface area contributed by atoms with Gasteiger partial charge in [0.2, 0.25) is 0 Å². The van der Waals surface area contributed by atoms with Gasteiger partial charge in [-0.25, -0.2) is 4.79 Å². The Kier molecular flexibility index (Phi) is 4.33. The molecule has 0 bridgehead atoms. The minimum absolute atomic E-state index is 0.0104. The second kappa shape index (κ2) is 5.59. The van der Waals surface area contributed by atoms with Crippen LogP contribution < -0.4 is 0 Å². The SMILES string of the molecule is C/C(I)=C1\OC(=O)O[C@@H](C2CCCCC2)[C@@H]1C. The van der Waals surface area contributed by atoms with Gasteiger partial charge < -0.3 is 9.47 Å². The molecule has 0 aromatic carbocycles. The van der Waals surface area contributed by atoms with Crippen molar-refractivity contribution in [1.82, 2.24) is 0 Å². The smallest absolute Gasteiger partial charge is 0.430 e. The molecule has 1 saturated carbocycles. The predicted molar refractivity (Wildman–Crippen MR) is 73.8 cm³/mol. The molecule has 0 unspecified atom stereocenters. The third-order valence-corrected chi connectivity index (χ3v) is 4.32. The summed E-state index contributed by atoms with van der Waals surface area (Å²) >= 11 is 2.21. The first-order chi connectivity index (χ1) is 8.09. The second-order valence-corrected chi connectivity index (χ2v) is 6.64. The van der Waals surface area contributed by atoms with Crippen LogP contribution in [0.15, 0.2) is 9.34 Å². The fraction of sp³-hybridized carbons (Fsp3) is 0.769. The predicted octanol–water partition coefficient (Wildman–Crippen LogP) is 4.40. The van der Waals surface area contributed by atoms with Crippen molar-refractivity contribution in [2.24, 2.45) is 11.8 Å². The maximum absolute atomic E-state index is 11.5. The summed E-state index contributed by atoms with van der Waals surface area (Å²) < 4.78 is 11.7. The Balaban J connectivity index is 2.15. The number of ether oxygens (including phenoxy) is 2. The second-order valence-electron chi connectivity index (χ2n) is 5.02. The molecule has 1 aliphatic carbocycles. The summed E-state index contributed by atoms with van der Waals surface area (Å²) in [6.07, 6.45) is 5.67. The standard InChI is InChI=1S/C13H19IO3/c1-8-11(9(2)14)16-13(15)17-12(8)10-6-4-3-5-7-10/h8,10,12H,3-7H2,1-2H3/b11-9+/t8-,12-/m1/s1. The summed E-state index contributed by atoms with van der Waals surface area (Å²) in [5.41, 5.74) is 0. The molecule has 96 valence electrons. The van der Waals surface area contributed by atoms with Crippen molar-refractivity contribution in [2.45, 2.75) is 52.1 Å². The van der Waals surface area contributed by atoms with Crippen molar-refractivity contribution in [3.05, 3.63) is 9.34 Å². The highest BCUT2D eigenvalue weighted by Gasteiger charge is 2.39. The van der Waals surface area contributed by atoms with Crippen LogP contribution >= 0.6 is 22.6 Å². The topological polar surface area (TPSA) is 35.5 Å². The van der Waals surface area contributed by atoms with Gasteiger partial charge in [-0.3, -0.25) is 0 Å². The van der Waals surface area contributed by atoms with Gasteiger partial charge in [-0.15, -0.1) is 0 Å². The average molecular weight is 350 g/mol. The highest BCUT2D eigenvalue weighted by Crippen LogP contribution is 2.38. The van der Waals surface area contributed by atoms with Gasteiger partial charge >= 0.3 is 6.16 Å². The highest BCUT2D eigenvalue weighted by atomic mass is 127. The summed E-state index contributed by atoms with van der Waals surface area (Å²) in [7, 11) is 0. The minimum atomic E-state index is -0.523. The van der Waals surface area contributed by atoms with Crippen LogP contribution in [0, 0.1) is 11.8 Å². The molecule has 4 heteroatoms. The lowest BCUT2D eigenvalue weighted by Crippen LogP contribution is -2.40. The van der Waals surface area contributed by atoms with E-state index < -0.39 is 6.16 Å². The van der Waals surface area contributed by atoms with Crippen LogP contribution in [0.25, 0.3) is 0 Å². The molecular weight excluding hydrogens is 331 g/mol. The Bertz CT molecular complexity index is 328. The number of carbonyl (C=O) groups excluding carboxylic acids is 1. The largest absolute Gasteiger partial charge is 0.513 e. The van der Waals surface area contributed by atoms with Crippen LogP contribution in [0.3, 0.4) is 0 Å². The normalized spacial score (nSPS) is 33.9. The number of allylic oxidation sites excluding steroid dienone is 1. The van der Waals surface area contributed by atoms with Gasteiger partial charge in [-0.1, -0.05) is 26.2 Å². The third kappa shape index (κ3) is 2.95. The molecule has 2 fully saturated rings. The number of carbonyl (C=O) groups is 1. The zero-order valence-electron chi connectivity index (χ0n) is 10.4. The molecule has 0 spiro atoms. The van der Waals surface area contributed by atoms with Crippen LogP contribution in [0.4, 0.5) is 4.79 Å². The lowest BCUT2D eigenvalue weighted by Gasteiger charge is -2.37. The lowest BCUT2D eigenvalue weighted by atomic mass is 9.80. The van der Waals surface area contributed by atoms with E-state index in [-0.39, 0.29) is 12.0 Å². The van der Waals surface area contributed by atoms with Crippen molar-refractivity contribution in [2.75, 3.05) is 0 Å². The Labute approximate surface area is 116 Å². The minimum Gasteiger partial charge on any atom is -0.430 e. The van der Waals surface area contributed by atoms with Gasteiger partial charge in [0.15, 0.2) is 0 Å². The van der Waals surface area contributed by atoms with Crippen LogP contribution in [-0.2, 0) is 9.47 Å². The third-order valence-electron chi connectivity index (χ3n) is 3.79. The molecule has 0 aromatic heterocycles. The zero-order chi connectivity index (χ0) is 12.4. The fourth-order valence-corrected chi connectivity index (χ4v) is 3.52. The van der Waals surface area contributed by atoms with Gasteiger partial charge in [0.1, 0.15) is 11.9 Å². The number of hydrogen-bond donors (Lipinski definition) is 0. The number of rotatable bonds is 1. The van der Waals surface area contributed by atoms with Gasteiger partial charge in [0.05, 0.1) is 5.92 Å². The molecular formula is C13H19IO3. The monoisotopic (exact) mass is 350 g/mol. The molecule has 2 aliphatic rings. The van der Waals surface area contributed by atoms with Crippen molar-refractivity contribution in [3.63, 3.8) is 0 Å². The molecule has 0 N–H and O–H groups in total. The van der Waals surface area contributed by atoms with Crippen LogP contribution in [-0.4, -0.2) is 12.3 Å². The summed E-state index contributed by atoms with van der Waals surface area (Å²) in [6.45, 7) is 4.08. The first-order valence-electron chi connectivity index (χ1n) is 6.34. The van der Waals surface area contributed by atoms with Gasteiger partial charge in [0.25, 0.3) is 0 Å². The summed E-state index contributed by atoms with van der Waals surface area (Å²) in [5.74, 6) is 1.50. The molecule has 1 aliphatic heterocycles. The van der Waals surface area contributed by atoms with Crippen molar-refractivity contribution < 1.29 is 14.3 Å². The average Bonchev–Trinajstić information content (AvgIpc) is 2.32. The first-order valence-corrected chi connectivity index (χ1v) is 7.42. The molecule has 3 nitrogen and oxygen atoms in total. The Hall–Kier alpha value is -0.260. The Morgan fingerprint density at radius 2 is 1.94 bits per heavy atom. The van der Waals surface area contributed by atoms with E-state index in [1.54, 1.807) is 0 Å². The van der Waals surface area contributed by atoms with E-state index in [2.05, 4.69) is 29.5 Å². The Morgan fingerprint density at radius 1 is 1.29 bits per heavy atom. The first kappa shape index (κ1) is 13.2. The molecule has 0 amide bonds. The molecule has 17 heavy (non-hydrogen) atoms. The van der Waals surface area contributed by atoms with E-state index in [4.69, 9.17) is 9.47 Å². The van der Waals surface area contributed by atoms with E-state index in [0.29, 0.717) is 5.92 Å². The number of cyclic esters (lactones) is 2. The van der Waals surface area contributed by atoms with Gasteiger partial charge in [-0.05, 0) is 48.3 Å². The molecule has 1 heterocycles. The maximum Gasteiger partial charge on any atom is 0.513 e. The maximum atomic E-state index is 11.5. The molecule has 1 saturated heterocycles. The summed E-state index contributed by atoms with van der Waals surface area (Å²) in [5, 5.41) is 0. The van der Waals surface area contributed by atoms with Crippen molar-refractivity contribution >= 4 is 28.7 Å². The molecule has 2 atom stereocenters. The zero-order valence-corrected chi connectivity index (χ0v) is 12.5. The van der Waals surface area contributed by atoms with E-state index in [1.165, 1.54) is 32.1 Å². The molecule has 0 radical (unpaired) electrons. The van der Waals surface area contributed by atoms with E-state index >= 15 is 0 Å². The van der Waals surface area contributed by atoms with E-state index in [0.717, 1.165) is 9.34 Å². The highest BCUT2D eigenvalue weighted by molar-refractivity contribution is 14.1.